The number of benzene rings is 3. The number of carbonyl (C=O) groups excluding carboxylic acids is 1. The second-order valence-electron chi connectivity index (χ2n) is 20.5. The summed E-state index contributed by atoms with van der Waals surface area (Å²) in [5.74, 6) is 6.26. The number of fused-ring (bicyclic) bond motifs is 5. The van der Waals surface area contributed by atoms with E-state index in [0.29, 0.717) is 24.2 Å². The number of amides is 1. The quantitative estimate of drug-likeness (QED) is 0.129. The molecule has 0 aromatic heterocycles. The zero-order valence-electron chi connectivity index (χ0n) is 38.1. The molecule has 1 aliphatic heterocycles. The molecule has 1 heterocycles. The average Bonchev–Trinajstić information content (AvgIpc) is 3.83. The maximum Gasteiger partial charge on any atom is 0.412 e. The molecule has 3 aromatic carbocycles. The van der Waals surface area contributed by atoms with Gasteiger partial charge in [0.25, 0.3) is 0 Å². The summed E-state index contributed by atoms with van der Waals surface area (Å²) >= 11 is 0. The minimum atomic E-state index is -1.02. The van der Waals surface area contributed by atoms with Gasteiger partial charge in [-0.05, 0) is 145 Å². The van der Waals surface area contributed by atoms with Crippen molar-refractivity contribution in [1.82, 2.24) is 4.90 Å². The SMILES string of the molecule is COc1ccc(C(OCC2CCC(O)N2C(=O)O[C@@H]2CC[C@@]3(C)C(=CCC4C3CC[C@]3(C)[C@@H]([C@H](C)CCCC(C)C)CC[C@@H]43)C2)(c2ccccc2)c2ccc(OC)cc2)cc1. The molecule has 4 unspecified atom stereocenters. The smallest absolute Gasteiger partial charge is 0.412 e. The van der Waals surface area contributed by atoms with Crippen LogP contribution in [0, 0.1) is 46.3 Å². The van der Waals surface area contributed by atoms with E-state index in [1.165, 1.54) is 56.9 Å². The monoisotopic (exact) mass is 832 g/mol. The largest absolute Gasteiger partial charge is 0.497 e. The van der Waals surface area contributed by atoms with Crippen LogP contribution in [0.5, 0.6) is 11.5 Å². The van der Waals surface area contributed by atoms with E-state index < -0.39 is 17.9 Å². The van der Waals surface area contributed by atoms with Gasteiger partial charge in [0, 0.05) is 6.42 Å². The number of likely N-dealkylation sites (tertiary alicyclic amines) is 1. The number of hydrogen-bond donors (Lipinski definition) is 1. The van der Waals surface area contributed by atoms with E-state index >= 15 is 0 Å². The molecule has 4 fully saturated rings. The Morgan fingerprint density at radius 3 is 2.08 bits per heavy atom. The van der Waals surface area contributed by atoms with Crippen molar-refractivity contribution >= 4 is 6.09 Å². The van der Waals surface area contributed by atoms with Crippen LogP contribution < -0.4 is 9.47 Å². The zero-order chi connectivity index (χ0) is 42.9. The van der Waals surface area contributed by atoms with Gasteiger partial charge >= 0.3 is 6.09 Å². The summed E-state index contributed by atoms with van der Waals surface area (Å²) in [7, 11) is 3.33. The number of methoxy groups -OCH3 is 2. The molecule has 7 heteroatoms. The summed E-state index contributed by atoms with van der Waals surface area (Å²) in [4.78, 5) is 15.8. The van der Waals surface area contributed by atoms with Crippen molar-refractivity contribution in [2.75, 3.05) is 20.8 Å². The maximum absolute atomic E-state index is 14.3. The Kier molecular flexibility index (Phi) is 13.0. The Bertz CT molecular complexity index is 1910. The molecule has 10 atom stereocenters. The molecule has 330 valence electrons. The minimum absolute atomic E-state index is 0.168. The number of allylic oxidation sites excluding steroid dienone is 1. The average molecular weight is 832 g/mol. The van der Waals surface area contributed by atoms with Crippen LogP contribution in [0.2, 0.25) is 0 Å². The lowest BCUT2D eigenvalue weighted by Gasteiger charge is -2.58. The maximum atomic E-state index is 14.3. The third-order valence-electron chi connectivity index (χ3n) is 16.9. The summed E-state index contributed by atoms with van der Waals surface area (Å²) in [6, 6.07) is 25.8. The molecule has 61 heavy (non-hydrogen) atoms. The standard InChI is InChI=1S/C54H73NO6/c1-36(2)12-11-13-37(3)47-27-28-48-46-26-20-41-34-45(30-32-52(41,4)49(46)31-33-53(47,48)5)61-51(57)55-42(21-29-50(55)56)35-60-54(38-14-9-8-10-15-38,39-16-22-43(58-6)23-17-39)40-18-24-44(59-7)25-19-40/h8-10,14-20,22-25,36-37,42,45-50,56H,11-13,21,26-35H2,1-7H3/t37-,42?,45-,46?,47-,48+,49?,50?,52+,53-/m1/s1. The van der Waals surface area contributed by atoms with E-state index in [0.717, 1.165) is 77.0 Å². The Balaban J connectivity index is 0.967. The fourth-order valence-electron chi connectivity index (χ4n) is 13.5. The highest BCUT2D eigenvalue weighted by Crippen LogP contribution is 2.67. The van der Waals surface area contributed by atoms with Crippen LogP contribution in [0.1, 0.15) is 135 Å². The first kappa shape index (κ1) is 43.8. The van der Waals surface area contributed by atoms with Gasteiger partial charge in [-0.2, -0.15) is 0 Å². The molecular weight excluding hydrogens is 759 g/mol. The molecule has 5 aliphatic rings. The van der Waals surface area contributed by atoms with E-state index in [2.05, 4.69) is 52.8 Å². The van der Waals surface area contributed by atoms with Crippen molar-refractivity contribution in [2.45, 2.75) is 142 Å². The Labute approximate surface area is 366 Å². The van der Waals surface area contributed by atoms with E-state index in [1.54, 1.807) is 19.1 Å². The first-order chi connectivity index (χ1) is 29.4. The van der Waals surface area contributed by atoms with Crippen molar-refractivity contribution in [3.05, 3.63) is 107 Å². The second kappa shape index (κ2) is 18.1. The molecule has 4 aliphatic carbocycles. The fourth-order valence-corrected chi connectivity index (χ4v) is 13.5. The number of hydrogen-bond acceptors (Lipinski definition) is 6. The van der Waals surface area contributed by atoms with Gasteiger partial charge in [0.1, 0.15) is 29.4 Å². The van der Waals surface area contributed by atoms with Gasteiger partial charge in [-0.1, -0.05) is 120 Å². The topological polar surface area (TPSA) is 77.5 Å². The Morgan fingerprint density at radius 1 is 0.787 bits per heavy atom. The molecule has 3 aromatic rings. The van der Waals surface area contributed by atoms with Crippen LogP contribution in [0.3, 0.4) is 0 Å². The predicted molar refractivity (Wildman–Crippen MR) is 242 cm³/mol. The van der Waals surface area contributed by atoms with Gasteiger partial charge in [-0.15, -0.1) is 0 Å². The molecular formula is C54H73NO6. The third-order valence-corrected chi connectivity index (χ3v) is 16.9. The number of nitrogens with zero attached hydrogens (tertiary/aromatic N) is 1. The Morgan fingerprint density at radius 2 is 1.44 bits per heavy atom. The van der Waals surface area contributed by atoms with Gasteiger partial charge in [-0.3, -0.25) is 4.90 Å². The highest BCUT2D eigenvalue weighted by molar-refractivity contribution is 5.69. The summed E-state index contributed by atoms with van der Waals surface area (Å²) in [6.45, 7) is 12.7. The van der Waals surface area contributed by atoms with Gasteiger partial charge in [-0.25, -0.2) is 4.79 Å². The van der Waals surface area contributed by atoms with E-state index in [1.807, 2.05) is 66.7 Å². The van der Waals surface area contributed by atoms with Crippen molar-refractivity contribution in [1.29, 1.82) is 0 Å². The second-order valence-corrected chi connectivity index (χ2v) is 20.5. The summed E-state index contributed by atoms with van der Waals surface area (Å²) in [6.07, 6.45) is 15.6. The summed E-state index contributed by atoms with van der Waals surface area (Å²) in [5.41, 5.74) is 3.92. The van der Waals surface area contributed by atoms with Crippen molar-refractivity contribution in [3.63, 3.8) is 0 Å². The highest BCUT2D eigenvalue weighted by Gasteiger charge is 2.59. The van der Waals surface area contributed by atoms with Crippen molar-refractivity contribution < 1.29 is 28.8 Å². The first-order valence-electron chi connectivity index (χ1n) is 23.8. The lowest BCUT2D eigenvalue weighted by atomic mass is 9.47. The number of rotatable bonds is 14. The third kappa shape index (κ3) is 8.28. The molecule has 0 radical (unpaired) electrons. The van der Waals surface area contributed by atoms with E-state index in [9.17, 15) is 9.90 Å². The number of carbonyl (C=O) groups is 1. The molecule has 1 saturated heterocycles. The van der Waals surface area contributed by atoms with Crippen LogP contribution in [0.25, 0.3) is 0 Å². The molecule has 1 N–H and O–H groups in total. The van der Waals surface area contributed by atoms with Crippen LogP contribution >= 0.6 is 0 Å². The molecule has 3 saturated carbocycles. The highest BCUT2D eigenvalue weighted by atomic mass is 16.6. The van der Waals surface area contributed by atoms with Crippen LogP contribution in [0.4, 0.5) is 4.79 Å². The van der Waals surface area contributed by atoms with Crippen LogP contribution in [-0.2, 0) is 15.1 Å². The normalized spacial score (nSPS) is 31.5. The van der Waals surface area contributed by atoms with Gasteiger partial charge in [0.15, 0.2) is 0 Å². The first-order valence-corrected chi connectivity index (χ1v) is 23.8. The number of aliphatic hydroxyl groups is 1. The van der Waals surface area contributed by atoms with Gasteiger partial charge in [0.2, 0.25) is 0 Å². The molecule has 0 bridgehead atoms. The molecule has 7 nitrogen and oxygen atoms in total. The fraction of sp³-hybridized carbons (Fsp3) is 0.611. The molecule has 8 rings (SSSR count). The van der Waals surface area contributed by atoms with Gasteiger partial charge < -0.3 is 24.1 Å². The minimum Gasteiger partial charge on any atom is -0.497 e. The van der Waals surface area contributed by atoms with Gasteiger partial charge in [0.05, 0.1) is 26.9 Å². The number of aliphatic hydroxyl groups excluding tert-OH is 1. The van der Waals surface area contributed by atoms with Crippen LogP contribution in [0.15, 0.2) is 90.5 Å². The Hall–Kier alpha value is -3.81. The molecule has 0 spiro atoms. The lowest BCUT2D eigenvalue weighted by Crippen LogP contribution is -2.51. The zero-order valence-corrected chi connectivity index (χ0v) is 38.1. The van der Waals surface area contributed by atoms with Crippen LogP contribution in [-0.4, -0.2) is 55.3 Å². The van der Waals surface area contributed by atoms with E-state index in [-0.39, 0.29) is 24.2 Å². The van der Waals surface area contributed by atoms with E-state index in [4.69, 9.17) is 18.9 Å². The lowest BCUT2D eigenvalue weighted by molar-refractivity contribution is -0.0670. The predicted octanol–water partition coefficient (Wildman–Crippen LogP) is 12.3. The number of ether oxygens (including phenoxy) is 4. The van der Waals surface area contributed by atoms with Crippen molar-refractivity contribution in [2.24, 2.45) is 46.3 Å². The summed E-state index contributed by atoms with van der Waals surface area (Å²) < 4.78 is 24.7. The summed E-state index contributed by atoms with van der Waals surface area (Å²) in [5, 5.41) is 11.4. The van der Waals surface area contributed by atoms with Crippen molar-refractivity contribution in [3.8, 4) is 11.5 Å². The molecule has 1 amide bonds.